The van der Waals surface area contributed by atoms with Gasteiger partial charge in [-0.2, -0.15) is 9.47 Å². The Morgan fingerprint density at radius 2 is 1.57 bits per heavy atom. The van der Waals surface area contributed by atoms with Gasteiger partial charge in [0.2, 0.25) is 5.13 Å². The summed E-state index contributed by atoms with van der Waals surface area (Å²) < 4.78 is 83.6. The molecule has 0 amide bonds. The Kier molecular flexibility index (Phi) is 10.9. The van der Waals surface area contributed by atoms with Gasteiger partial charge in [-0.15, -0.1) is 0 Å². The SMILES string of the molecule is COc1ccc(CN(c2ncns2)S(=O)(=O)c2cc(C)c(Oc3ccc(F)cc3-c3ccnn3C3CN(C(c4ccccc4)c4ccccc4)C3)cc2F)c(OC)c1. The summed E-state index contributed by atoms with van der Waals surface area (Å²) in [4.78, 5) is 5.92. The molecule has 1 aliphatic rings. The van der Waals surface area contributed by atoms with Gasteiger partial charge in [-0.05, 0) is 66.1 Å². The summed E-state index contributed by atoms with van der Waals surface area (Å²) in [5, 5.41) is 4.68. The van der Waals surface area contributed by atoms with Crippen LogP contribution in [0.15, 0.2) is 133 Å². The number of ether oxygens (including phenoxy) is 3. The highest BCUT2D eigenvalue weighted by Gasteiger charge is 2.37. The molecule has 0 spiro atoms. The zero-order valence-corrected chi connectivity index (χ0v) is 33.3. The lowest BCUT2D eigenvalue weighted by atomic mass is 9.93. The van der Waals surface area contributed by atoms with Crippen LogP contribution in [-0.4, -0.2) is 59.8 Å². The lowest BCUT2D eigenvalue weighted by molar-refractivity contribution is 0.0691. The average Bonchev–Trinajstić information content (AvgIpc) is 3.94. The third-order valence-electron chi connectivity index (χ3n) is 10.1. The highest BCUT2D eigenvalue weighted by Crippen LogP contribution is 2.41. The maximum absolute atomic E-state index is 16.2. The van der Waals surface area contributed by atoms with Crippen LogP contribution in [0.4, 0.5) is 13.9 Å². The van der Waals surface area contributed by atoms with E-state index in [0.29, 0.717) is 47.0 Å². The van der Waals surface area contributed by atoms with Crippen molar-refractivity contribution in [1.29, 1.82) is 0 Å². The van der Waals surface area contributed by atoms with Gasteiger partial charge in [0.25, 0.3) is 10.0 Å². The summed E-state index contributed by atoms with van der Waals surface area (Å²) in [6, 6.07) is 33.8. The Hall–Kier alpha value is -6.16. The van der Waals surface area contributed by atoms with Crippen molar-refractivity contribution in [1.82, 2.24) is 24.0 Å². The molecule has 0 saturated carbocycles. The van der Waals surface area contributed by atoms with E-state index < -0.39 is 26.6 Å². The lowest BCUT2D eigenvalue weighted by Gasteiger charge is -2.45. The molecule has 2 aromatic heterocycles. The maximum Gasteiger partial charge on any atom is 0.269 e. The Morgan fingerprint density at radius 1 is 0.845 bits per heavy atom. The summed E-state index contributed by atoms with van der Waals surface area (Å²) in [5.41, 5.74) is 4.20. The highest BCUT2D eigenvalue weighted by molar-refractivity contribution is 7.93. The summed E-state index contributed by atoms with van der Waals surface area (Å²) in [6.45, 7) is 2.76. The molecule has 11 nitrogen and oxygen atoms in total. The molecule has 0 atom stereocenters. The first kappa shape index (κ1) is 38.7. The molecule has 3 heterocycles. The van der Waals surface area contributed by atoms with E-state index in [-0.39, 0.29) is 35.3 Å². The number of anilines is 1. The zero-order valence-electron chi connectivity index (χ0n) is 31.7. The second-order valence-electron chi connectivity index (χ2n) is 13.7. The van der Waals surface area contributed by atoms with Crippen molar-refractivity contribution in [3.63, 3.8) is 0 Å². The number of hydrogen-bond acceptors (Lipinski definition) is 10. The van der Waals surface area contributed by atoms with E-state index in [1.165, 1.54) is 55.9 Å². The van der Waals surface area contributed by atoms with Crippen LogP contribution in [0.25, 0.3) is 11.3 Å². The van der Waals surface area contributed by atoms with Gasteiger partial charge in [-0.1, -0.05) is 60.7 Å². The molecule has 5 aromatic carbocycles. The molecule has 0 unspecified atom stereocenters. The van der Waals surface area contributed by atoms with E-state index in [1.807, 2.05) is 41.1 Å². The number of halogens is 2. The molecular formula is C43H38F2N6O5S2. The van der Waals surface area contributed by atoms with Crippen molar-refractivity contribution in [3.8, 4) is 34.3 Å². The number of hydrogen-bond donors (Lipinski definition) is 0. The second-order valence-corrected chi connectivity index (χ2v) is 16.3. The average molecular weight is 821 g/mol. The van der Waals surface area contributed by atoms with Gasteiger partial charge in [-0.3, -0.25) is 9.58 Å². The molecule has 1 aliphatic heterocycles. The summed E-state index contributed by atoms with van der Waals surface area (Å²) >= 11 is 0.850. The lowest BCUT2D eigenvalue weighted by Crippen LogP contribution is -2.50. The summed E-state index contributed by atoms with van der Waals surface area (Å²) in [6.07, 6.45) is 2.89. The molecule has 7 aromatic rings. The first-order chi connectivity index (χ1) is 28.1. The van der Waals surface area contributed by atoms with Crippen LogP contribution in [0.1, 0.15) is 34.3 Å². The summed E-state index contributed by atoms with van der Waals surface area (Å²) in [5.74, 6) is -0.356. The molecule has 1 fully saturated rings. The first-order valence-electron chi connectivity index (χ1n) is 18.3. The van der Waals surface area contributed by atoms with Gasteiger partial charge in [0.05, 0.1) is 38.5 Å². The van der Waals surface area contributed by atoms with E-state index >= 15 is 4.39 Å². The zero-order chi connectivity index (χ0) is 40.4. The monoisotopic (exact) mass is 820 g/mol. The normalized spacial score (nSPS) is 13.3. The topological polar surface area (TPSA) is 112 Å². The van der Waals surface area contributed by atoms with Crippen LogP contribution in [0.3, 0.4) is 0 Å². The van der Waals surface area contributed by atoms with Gasteiger partial charge < -0.3 is 14.2 Å². The second kappa shape index (κ2) is 16.4. The first-order valence-corrected chi connectivity index (χ1v) is 20.5. The third-order valence-corrected chi connectivity index (χ3v) is 12.7. The molecular weight excluding hydrogens is 783 g/mol. The summed E-state index contributed by atoms with van der Waals surface area (Å²) in [7, 11) is -1.59. The van der Waals surface area contributed by atoms with Crippen molar-refractivity contribution in [3.05, 3.63) is 162 Å². The number of rotatable bonds is 14. The van der Waals surface area contributed by atoms with Gasteiger partial charge >= 0.3 is 0 Å². The predicted molar refractivity (Wildman–Crippen MR) is 217 cm³/mol. The maximum atomic E-state index is 16.2. The minimum Gasteiger partial charge on any atom is -0.497 e. The molecule has 0 N–H and O–H groups in total. The van der Waals surface area contributed by atoms with Crippen LogP contribution >= 0.6 is 11.5 Å². The van der Waals surface area contributed by atoms with Crippen molar-refractivity contribution in [2.75, 3.05) is 31.6 Å². The van der Waals surface area contributed by atoms with Crippen LogP contribution in [-0.2, 0) is 16.6 Å². The smallest absolute Gasteiger partial charge is 0.269 e. The fourth-order valence-corrected chi connectivity index (χ4v) is 9.46. The van der Waals surface area contributed by atoms with Gasteiger partial charge in [0.15, 0.2) is 0 Å². The van der Waals surface area contributed by atoms with E-state index in [2.05, 4.69) is 43.6 Å². The van der Waals surface area contributed by atoms with Gasteiger partial charge in [-0.25, -0.2) is 26.5 Å². The molecule has 0 bridgehead atoms. The number of methoxy groups -OCH3 is 2. The molecule has 0 radical (unpaired) electrons. The number of aromatic nitrogens is 4. The Bertz CT molecular complexity index is 2600. The van der Waals surface area contributed by atoms with Crippen molar-refractivity contribution < 1.29 is 31.4 Å². The molecule has 0 aliphatic carbocycles. The highest BCUT2D eigenvalue weighted by atomic mass is 32.2. The van der Waals surface area contributed by atoms with Crippen molar-refractivity contribution in [2.24, 2.45) is 0 Å². The Labute approximate surface area is 338 Å². The minimum atomic E-state index is -4.55. The largest absolute Gasteiger partial charge is 0.497 e. The number of likely N-dealkylation sites (tertiary alicyclic amines) is 1. The Balaban J connectivity index is 1.07. The molecule has 8 rings (SSSR count). The number of benzene rings is 5. The fourth-order valence-electron chi connectivity index (χ4n) is 7.20. The molecule has 58 heavy (non-hydrogen) atoms. The third kappa shape index (κ3) is 7.63. The minimum absolute atomic E-state index is 0.0198. The van der Waals surface area contributed by atoms with E-state index in [0.717, 1.165) is 21.9 Å². The molecule has 15 heteroatoms. The fraction of sp³-hybridized carbons (Fsp3) is 0.186. The van der Waals surface area contributed by atoms with Crippen molar-refractivity contribution >= 4 is 26.7 Å². The number of sulfonamides is 1. The molecule has 296 valence electrons. The van der Waals surface area contributed by atoms with E-state index in [4.69, 9.17) is 14.2 Å². The van der Waals surface area contributed by atoms with Crippen molar-refractivity contribution in [2.45, 2.75) is 30.4 Å². The van der Waals surface area contributed by atoms with Crippen LogP contribution in [0, 0.1) is 18.6 Å². The van der Waals surface area contributed by atoms with Crippen LogP contribution < -0.4 is 18.5 Å². The quantitative estimate of drug-likeness (QED) is 0.106. The predicted octanol–water partition coefficient (Wildman–Crippen LogP) is 8.84. The van der Waals surface area contributed by atoms with Gasteiger partial charge in [0.1, 0.15) is 45.9 Å². The van der Waals surface area contributed by atoms with Gasteiger partial charge in [0, 0.05) is 54.1 Å². The van der Waals surface area contributed by atoms with Crippen LogP contribution in [0.2, 0.25) is 0 Å². The standard InChI is InChI=1S/C43H38F2N6O5S2/c1-28-20-41(58(52,53)50(43-46-27-48-57-43)24-31-14-16-34(54-2)22-40(31)55-3)36(45)23-39(28)56-38-17-15-32(44)21-35(38)37-18-19-47-51(37)33-25-49(26-33)42(29-10-6-4-7-11-29)30-12-8-5-9-13-30/h4-23,27,33,42H,24-26H2,1-3H3. The Morgan fingerprint density at radius 3 is 2.22 bits per heavy atom. The van der Waals surface area contributed by atoms with E-state index in [1.54, 1.807) is 37.4 Å². The van der Waals surface area contributed by atoms with Crippen LogP contribution in [0.5, 0.6) is 23.0 Å². The number of nitrogens with zero attached hydrogens (tertiary/aromatic N) is 6. The van der Waals surface area contributed by atoms with E-state index in [9.17, 15) is 12.8 Å². The number of aryl methyl sites for hydroxylation is 1. The molecule has 1 saturated heterocycles.